The maximum Gasteiger partial charge on any atom is 0.322 e. The molecule has 1 heterocycles. The Hall–Kier alpha value is -2.39. The third-order valence-corrected chi connectivity index (χ3v) is 4.31. The highest BCUT2D eigenvalue weighted by atomic mass is 16.4. The van der Waals surface area contributed by atoms with Crippen molar-refractivity contribution < 1.29 is 9.90 Å². The zero-order chi connectivity index (χ0) is 15.6. The molecule has 2 aromatic carbocycles. The Kier molecular flexibility index (Phi) is 3.82. The molecule has 2 aromatic rings. The van der Waals surface area contributed by atoms with E-state index in [1.165, 1.54) is 0 Å². The van der Waals surface area contributed by atoms with Gasteiger partial charge in [0, 0.05) is 13.1 Å². The molecule has 22 heavy (non-hydrogen) atoms. The van der Waals surface area contributed by atoms with Gasteiger partial charge in [0.2, 0.25) is 0 Å². The van der Waals surface area contributed by atoms with Gasteiger partial charge in [-0.25, -0.2) is 0 Å². The van der Waals surface area contributed by atoms with Crippen LogP contribution in [0.2, 0.25) is 0 Å². The average molecular weight is 293 g/mol. The second-order valence-electron chi connectivity index (χ2n) is 5.71. The third-order valence-electron chi connectivity index (χ3n) is 4.31. The lowest BCUT2D eigenvalue weighted by atomic mass is 9.69. The number of aliphatic carboxylic acids is 1. The predicted octanol–water partition coefficient (Wildman–Crippen LogP) is 2.93. The van der Waals surface area contributed by atoms with Crippen LogP contribution in [0.3, 0.4) is 0 Å². The number of carboxylic acids is 1. The summed E-state index contributed by atoms with van der Waals surface area (Å²) in [5.74, 6) is -0.827. The first kappa shape index (κ1) is 14.5. The molecule has 112 valence electrons. The lowest BCUT2D eigenvalue weighted by molar-refractivity contribution is -0.140. The largest absolute Gasteiger partial charge is 0.480 e. The lowest BCUT2D eigenvalue weighted by Gasteiger charge is -2.32. The topological polar surface area (TPSA) is 40.5 Å². The summed E-state index contributed by atoms with van der Waals surface area (Å²) in [7, 11) is 2.01. The summed E-state index contributed by atoms with van der Waals surface area (Å²) in [6.07, 6.45) is 2.05. The Balaban J connectivity index is 2.27. The monoisotopic (exact) mass is 293 g/mol. The molecule has 0 saturated heterocycles. The van der Waals surface area contributed by atoms with E-state index in [0.29, 0.717) is 6.54 Å². The number of benzene rings is 2. The minimum absolute atomic E-state index is 0.663. The van der Waals surface area contributed by atoms with Crippen molar-refractivity contribution in [2.75, 3.05) is 20.1 Å². The molecule has 0 spiro atoms. The molecule has 0 saturated carbocycles. The van der Waals surface area contributed by atoms with Crippen molar-refractivity contribution >= 4 is 5.97 Å². The summed E-state index contributed by atoms with van der Waals surface area (Å²) in [6, 6.07) is 19.0. The minimum atomic E-state index is -1.12. The molecule has 3 heteroatoms. The fourth-order valence-corrected chi connectivity index (χ4v) is 3.26. The number of carboxylic acid groups (broad SMARTS) is 1. The molecule has 0 radical (unpaired) electrons. The van der Waals surface area contributed by atoms with E-state index in [-0.39, 0.29) is 0 Å². The highest BCUT2D eigenvalue weighted by Gasteiger charge is 2.46. The molecule has 3 nitrogen and oxygen atoms in total. The van der Waals surface area contributed by atoms with Gasteiger partial charge in [-0.2, -0.15) is 0 Å². The maximum atomic E-state index is 12.5. The first-order chi connectivity index (χ1) is 10.7. The number of nitrogens with zero attached hydrogens (tertiary/aromatic N) is 1. The second-order valence-corrected chi connectivity index (χ2v) is 5.71. The van der Waals surface area contributed by atoms with E-state index in [9.17, 15) is 9.90 Å². The van der Waals surface area contributed by atoms with Gasteiger partial charge in [0.1, 0.15) is 5.41 Å². The van der Waals surface area contributed by atoms with Crippen LogP contribution in [0.5, 0.6) is 0 Å². The predicted molar refractivity (Wildman–Crippen MR) is 86.9 cm³/mol. The number of hydrogen-bond donors (Lipinski definition) is 1. The van der Waals surface area contributed by atoms with Crippen LogP contribution in [0.4, 0.5) is 0 Å². The summed E-state index contributed by atoms with van der Waals surface area (Å²) < 4.78 is 0. The summed E-state index contributed by atoms with van der Waals surface area (Å²) in [5, 5.41) is 10.2. The quantitative estimate of drug-likeness (QED) is 0.881. The molecule has 0 fully saturated rings. The van der Waals surface area contributed by atoms with Crippen LogP contribution in [0.1, 0.15) is 11.1 Å². The SMILES string of the molecule is CN1CC=C(C(C(=O)O)(c2ccccc2)c2ccccc2)C1. The lowest BCUT2D eigenvalue weighted by Crippen LogP contribution is -2.40. The molecule has 1 N–H and O–H groups in total. The first-order valence-electron chi connectivity index (χ1n) is 7.38. The molecule has 0 bridgehead atoms. The van der Waals surface area contributed by atoms with Crippen molar-refractivity contribution in [3.8, 4) is 0 Å². The molecule has 0 atom stereocenters. The Morgan fingerprint density at radius 3 is 1.86 bits per heavy atom. The highest BCUT2D eigenvalue weighted by molar-refractivity contribution is 5.90. The standard InChI is InChI=1S/C19H19NO2/c1-20-13-12-17(14-20)19(18(21)22,15-8-4-2-5-9-15)16-10-6-3-7-11-16/h2-12H,13-14H2,1H3,(H,21,22). The van der Waals surface area contributed by atoms with Crippen molar-refractivity contribution in [2.24, 2.45) is 0 Å². The fourth-order valence-electron chi connectivity index (χ4n) is 3.26. The number of rotatable bonds is 4. The normalized spacial score (nSPS) is 15.6. The fraction of sp³-hybridized carbons (Fsp3) is 0.211. The Labute approximate surface area is 130 Å². The molecule has 3 rings (SSSR count). The minimum Gasteiger partial charge on any atom is -0.480 e. The zero-order valence-corrected chi connectivity index (χ0v) is 12.6. The second kappa shape index (κ2) is 5.78. The summed E-state index contributed by atoms with van der Waals surface area (Å²) in [4.78, 5) is 14.6. The van der Waals surface area contributed by atoms with E-state index < -0.39 is 11.4 Å². The number of likely N-dealkylation sites (N-methyl/N-ethyl adjacent to an activating group) is 1. The van der Waals surface area contributed by atoms with Crippen molar-refractivity contribution in [2.45, 2.75) is 5.41 Å². The van der Waals surface area contributed by atoms with Crippen molar-refractivity contribution in [3.63, 3.8) is 0 Å². The molecule has 0 aromatic heterocycles. The van der Waals surface area contributed by atoms with Gasteiger partial charge in [0.25, 0.3) is 0 Å². The van der Waals surface area contributed by atoms with Crippen LogP contribution >= 0.6 is 0 Å². The summed E-state index contributed by atoms with van der Waals surface area (Å²) in [6.45, 7) is 1.44. The van der Waals surface area contributed by atoms with Crippen LogP contribution in [0.15, 0.2) is 72.3 Å². The molecule has 0 aliphatic carbocycles. The van der Waals surface area contributed by atoms with E-state index in [2.05, 4.69) is 4.90 Å². The van der Waals surface area contributed by atoms with Crippen LogP contribution in [0.25, 0.3) is 0 Å². The summed E-state index contributed by atoms with van der Waals surface area (Å²) in [5.41, 5.74) is 1.42. The summed E-state index contributed by atoms with van der Waals surface area (Å²) >= 11 is 0. The molecule has 1 aliphatic rings. The van der Waals surface area contributed by atoms with Crippen LogP contribution in [-0.4, -0.2) is 36.1 Å². The molecule has 1 aliphatic heterocycles. The van der Waals surface area contributed by atoms with Gasteiger partial charge in [-0.3, -0.25) is 9.69 Å². The molecular weight excluding hydrogens is 274 g/mol. The molecule has 0 amide bonds. The van der Waals surface area contributed by atoms with Crippen molar-refractivity contribution in [3.05, 3.63) is 83.4 Å². The number of carbonyl (C=O) groups is 1. The van der Waals surface area contributed by atoms with E-state index in [1.807, 2.05) is 73.8 Å². The van der Waals surface area contributed by atoms with E-state index in [4.69, 9.17) is 0 Å². The van der Waals surface area contributed by atoms with Crippen molar-refractivity contribution in [1.82, 2.24) is 4.90 Å². The Morgan fingerprint density at radius 1 is 1.00 bits per heavy atom. The third kappa shape index (κ3) is 2.24. The Morgan fingerprint density at radius 2 is 1.50 bits per heavy atom. The van der Waals surface area contributed by atoms with Gasteiger partial charge in [0.05, 0.1) is 0 Å². The van der Waals surface area contributed by atoms with Gasteiger partial charge >= 0.3 is 5.97 Å². The molecule has 0 unspecified atom stereocenters. The van der Waals surface area contributed by atoms with Gasteiger partial charge < -0.3 is 5.11 Å². The van der Waals surface area contributed by atoms with Gasteiger partial charge in [-0.05, 0) is 23.7 Å². The van der Waals surface area contributed by atoms with Crippen LogP contribution in [0, 0.1) is 0 Å². The number of hydrogen-bond acceptors (Lipinski definition) is 2. The van der Waals surface area contributed by atoms with E-state index >= 15 is 0 Å². The Bertz CT molecular complexity index is 652. The molecular formula is C19H19NO2. The highest BCUT2D eigenvalue weighted by Crippen LogP contribution is 2.41. The van der Waals surface area contributed by atoms with Crippen molar-refractivity contribution in [1.29, 1.82) is 0 Å². The van der Waals surface area contributed by atoms with E-state index in [0.717, 1.165) is 23.2 Å². The van der Waals surface area contributed by atoms with Crippen LogP contribution < -0.4 is 0 Å². The average Bonchev–Trinajstić information content (AvgIpc) is 2.97. The van der Waals surface area contributed by atoms with Crippen LogP contribution in [-0.2, 0) is 10.2 Å². The smallest absolute Gasteiger partial charge is 0.322 e. The van der Waals surface area contributed by atoms with E-state index in [1.54, 1.807) is 0 Å². The van der Waals surface area contributed by atoms with Gasteiger partial charge in [-0.15, -0.1) is 0 Å². The zero-order valence-electron chi connectivity index (χ0n) is 12.6. The van der Waals surface area contributed by atoms with Gasteiger partial charge in [0.15, 0.2) is 0 Å². The van der Waals surface area contributed by atoms with Gasteiger partial charge in [-0.1, -0.05) is 66.7 Å². The maximum absolute atomic E-state index is 12.5. The first-order valence-corrected chi connectivity index (χ1v) is 7.38.